The second-order valence-corrected chi connectivity index (χ2v) is 6.65. The van der Waals surface area contributed by atoms with E-state index in [1.54, 1.807) is 18.5 Å². The molecular formula is C21H11N3O4. The zero-order valence-electron chi connectivity index (χ0n) is 14.4. The van der Waals surface area contributed by atoms with Gasteiger partial charge in [0, 0.05) is 34.8 Å². The van der Waals surface area contributed by atoms with Crippen molar-refractivity contribution in [1.82, 2.24) is 9.38 Å². The lowest BCUT2D eigenvalue weighted by atomic mass is 10.1. The zero-order chi connectivity index (χ0) is 18.8. The Kier molecular flexibility index (Phi) is 2.84. The van der Waals surface area contributed by atoms with Crippen LogP contribution >= 0.6 is 0 Å². The molecule has 0 saturated heterocycles. The van der Waals surface area contributed by atoms with Crippen LogP contribution in [0.5, 0.6) is 5.75 Å². The van der Waals surface area contributed by atoms with Crippen molar-refractivity contribution in [1.29, 1.82) is 0 Å². The first kappa shape index (κ1) is 15.1. The maximum atomic E-state index is 13.0. The molecule has 0 saturated carbocycles. The average Bonchev–Trinajstić information content (AvgIpc) is 2.96. The van der Waals surface area contributed by atoms with E-state index in [4.69, 9.17) is 14.1 Å². The third-order valence-electron chi connectivity index (χ3n) is 5.06. The summed E-state index contributed by atoms with van der Waals surface area (Å²) in [7, 11) is 0. The van der Waals surface area contributed by atoms with Gasteiger partial charge in [-0.25, -0.2) is 9.78 Å². The molecule has 0 unspecified atom stereocenters. The molecule has 6 rings (SSSR count). The number of benzene rings is 1. The lowest BCUT2D eigenvalue weighted by Crippen LogP contribution is -2.10. The van der Waals surface area contributed by atoms with Crippen LogP contribution in [0.3, 0.4) is 0 Å². The molecule has 0 radical (unpaired) electrons. The minimum Gasteiger partial charge on any atom is -0.471 e. The van der Waals surface area contributed by atoms with Crippen molar-refractivity contribution >= 4 is 44.3 Å². The molecule has 28 heavy (non-hydrogen) atoms. The number of ether oxygens (including phenoxy) is 1. The molecule has 0 fully saturated rings. The highest BCUT2D eigenvalue weighted by molar-refractivity contribution is 6.08. The van der Waals surface area contributed by atoms with E-state index in [1.807, 2.05) is 24.3 Å². The SMILES string of the molecule is O=c1ccc2cc3c4nc5ccc6c(c5cc4cn3c(=O)c2co1)C=NCO6. The van der Waals surface area contributed by atoms with E-state index < -0.39 is 5.63 Å². The number of rotatable bonds is 0. The maximum Gasteiger partial charge on any atom is 0.335 e. The Morgan fingerprint density at radius 3 is 2.86 bits per heavy atom. The molecule has 4 aromatic heterocycles. The largest absolute Gasteiger partial charge is 0.471 e. The number of nitrogens with zero attached hydrogens (tertiary/aromatic N) is 3. The third-order valence-corrected chi connectivity index (χ3v) is 5.06. The van der Waals surface area contributed by atoms with Crippen molar-refractivity contribution in [3.63, 3.8) is 0 Å². The molecule has 0 atom stereocenters. The van der Waals surface area contributed by atoms with Crippen LogP contribution in [0.2, 0.25) is 0 Å². The molecule has 0 aliphatic carbocycles. The Labute approximate surface area is 156 Å². The summed E-state index contributed by atoms with van der Waals surface area (Å²) in [5, 5.41) is 2.70. The molecule has 5 heterocycles. The first-order valence-electron chi connectivity index (χ1n) is 8.66. The van der Waals surface area contributed by atoms with Gasteiger partial charge in [0.15, 0.2) is 6.73 Å². The van der Waals surface area contributed by atoms with Crippen molar-refractivity contribution in [2.24, 2.45) is 4.99 Å². The maximum absolute atomic E-state index is 13.0. The fraction of sp³-hybridized carbons (Fsp3) is 0.0476. The van der Waals surface area contributed by atoms with Crippen molar-refractivity contribution in [2.45, 2.75) is 0 Å². The van der Waals surface area contributed by atoms with Gasteiger partial charge in [-0.1, -0.05) is 0 Å². The summed E-state index contributed by atoms with van der Waals surface area (Å²) in [5.74, 6) is 0.769. The fourth-order valence-electron chi connectivity index (χ4n) is 3.74. The summed E-state index contributed by atoms with van der Waals surface area (Å²) in [6, 6.07) is 10.5. The van der Waals surface area contributed by atoms with Gasteiger partial charge in [-0.3, -0.25) is 14.2 Å². The van der Waals surface area contributed by atoms with Gasteiger partial charge in [-0.05, 0) is 35.7 Å². The first-order valence-corrected chi connectivity index (χ1v) is 8.66. The van der Waals surface area contributed by atoms with E-state index in [0.717, 1.165) is 27.6 Å². The molecule has 7 heteroatoms. The van der Waals surface area contributed by atoms with Crippen LogP contribution in [0.1, 0.15) is 5.56 Å². The predicted molar refractivity (Wildman–Crippen MR) is 106 cm³/mol. The van der Waals surface area contributed by atoms with E-state index in [-0.39, 0.29) is 5.56 Å². The van der Waals surface area contributed by atoms with Gasteiger partial charge in [0.2, 0.25) is 0 Å². The van der Waals surface area contributed by atoms with Crippen LogP contribution in [0.25, 0.3) is 38.1 Å². The number of hydrogen-bond acceptors (Lipinski definition) is 6. The summed E-state index contributed by atoms with van der Waals surface area (Å²) in [5.41, 5.74) is 2.29. The van der Waals surface area contributed by atoms with Crippen LogP contribution in [0.4, 0.5) is 0 Å². The van der Waals surface area contributed by atoms with E-state index in [2.05, 4.69) is 4.99 Å². The highest BCUT2D eigenvalue weighted by Gasteiger charge is 2.15. The normalized spacial score (nSPS) is 13.3. The molecule has 0 amide bonds. The Hall–Kier alpha value is -4.00. The van der Waals surface area contributed by atoms with Gasteiger partial charge in [0.25, 0.3) is 5.56 Å². The fourth-order valence-corrected chi connectivity index (χ4v) is 3.74. The molecule has 134 valence electrons. The van der Waals surface area contributed by atoms with E-state index in [9.17, 15) is 9.59 Å². The molecule has 0 spiro atoms. The van der Waals surface area contributed by atoms with Crippen molar-refractivity contribution < 1.29 is 9.15 Å². The van der Waals surface area contributed by atoms with Gasteiger partial charge in [-0.15, -0.1) is 0 Å². The smallest absolute Gasteiger partial charge is 0.335 e. The quantitative estimate of drug-likeness (QED) is 0.419. The molecule has 0 N–H and O–H groups in total. The molecule has 5 aromatic rings. The summed E-state index contributed by atoms with van der Waals surface area (Å²) >= 11 is 0. The van der Waals surface area contributed by atoms with Crippen LogP contribution in [-0.4, -0.2) is 22.3 Å². The molecule has 7 nitrogen and oxygen atoms in total. The van der Waals surface area contributed by atoms with Crippen molar-refractivity contribution in [3.8, 4) is 5.75 Å². The molecule has 1 aliphatic heterocycles. The van der Waals surface area contributed by atoms with Gasteiger partial charge in [0.05, 0.1) is 21.9 Å². The lowest BCUT2D eigenvalue weighted by Gasteiger charge is -2.13. The second kappa shape index (κ2) is 5.26. The van der Waals surface area contributed by atoms with Crippen LogP contribution < -0.4 is 15.9 Å². The molecule has 1 aliphatic rings. The van der Waals surface area contributed by atoms with Crippen LogP contribution in [0.15, 0.2) is 67.9 Å². The monoisotopic (exact) mass is 369 g/mol. The minimum absolute atomic E-state index is 0.263. The number of aromatic nitrogens is 2. The van der Waals surface area contributed by atoms with E-state index >= 15 is 0 Å². The third kappa shape index (κ3) is 1.98. The topological polar surface area (TPSA) is 86.2 Å². The highest BCUT2D eigenvalue weighted by Crippen LogP contribution is 2.31. The Balaban J connectivity index is 1.78. The summed E-state index contributed by atoms with van der Waals surface area (Å²) in [4.78, 5) is 33.4. The molecule has 1 aromatic carbocycles. The minimum atomic E-state index is -0.511. The van der Waals surface area contributed by atoms with Gasteiger partial charge in [0.1, 0.15) is 12.0 Å². The summed E-state index contributed by atoms with van der Waals surface area (Å²) in [6.07, 6.45) is 4.75. The van der Waals surface area contributed by atoms with Gasteiger partial charge >= 0.3 is 5.63 Å². The van der Waals surface area contributed by atoms with Gasteiger partial charge in [-0.2, -0.15) is 0 Å². The number of aliphatic imine (C=N–C) groups is 1. The lowest BCUT2D eigenvalue weighted by molar-refractivity contribution is 0.327. The van der Waals surface area contributed by atoms with Crippen LogP contribution in [-0.2, 0) is 0 Å². The van der Waals surface area contributed by atoms with Gasteiger partial charge < -0.3 is 9.15 Å². The predicted octanol–water partition coefficient (Wildman–Crippen LogP) is 2.88. The summed E-state index contributed by atoms with van der Waals surface area (Å²) < 4.78 is 12.1. The van der Waals surface area contributed by atoms with Crippen molar-refractivity contribution in [2.75, 3.05) is 6.73 Å². The standard InChI is InChI=1S/C21H11N3O4/c25-19-4-1-11-6-17-20-12(8-24(17)21(26)15(11)9-27-19)5-13-14-7-22-10-28-18(14)3-2-16(13)23-20/h1-9H,10H2. The Morgan fingerprint density at radius 1 is 1.00 bits per heavy atom. The van der Waals surface area contributed by atoms with Crippen molar-refractivity contribution in [3.05, 3.63) is 75.2 Å². The number of pyridine rings is 2. The molecule has 0 bridgehead atoms. The van der Waals surface area contributed by atoms with E-state index in [0.29, 0.717) is 28.5 Å². The second-order valence-electron chi connectivity index (χ2n) is 6.65. The highest BCUT2D eigenvalue weighted by atomic mass is 16.5. The Bertz CT molecular complexity index is 1610. The Morgan fingerprint density at radius 2 is 1.93 bits per heavy atom. The van der Waals surface area contributed by atoms with E-state index in [1.165, 1.54) is 16.7 Å². The summed E-state index contributed by atoms with van der Waals surface area (Å²) in [6.45, 7) is 0.310. The number of hydrogen-bond donors (Lipinski definition) is 0. The van der Waals surface area contributed by atoms with Crippen LogP contribution in [0, 0.1) is 0 Å². The zero-order valence-corrected chi connectivity index (χ0v) is 14.4. The molecular weight excluding hydrogens is 358 g/mol. The average molecular weight is 369 g/mol. The number of fused-ring (bicyclic) bond motifs is 7. The first-order chi connectivity index (χ1) is 13.7.